The lowest BCUT2D eigenvalue weighted by Gasteiger charge is -2.22. The van der Waals surface area contributed by atoms with Gasteiger partial charge in [0.25, 0.3) is 0 Å². The zero-order chi connectivity index (χ0) is 22.3. The van der Waals surface area contributed by atoms with Crippen LogP contribution in [0, 0.1) is 0 Å². The van der Waals surface area contributed by atoms with Crippen LogP contribution in [0.2, 0.25) is 5.02 Å². The average Bonchev–Trinajstić information content (AvgIpc) is 3.28. The molecule has 1 aromatic carbocycles. The molecule has 7 nitrogen and oxygen atoms in total. The number of carbonyl (C=O) groups excluding carboxylic acids is 1. The third kappa shape index (κ3) is 4.15. The summed E-state index contributed by atoms with van der Waals surface area (Å²) in [6.07, 6.45) is 0.860. The first-order valence-corrected chi connectivity index (χ1v) is 11.2. The van der Waals surface area contributed by atoms with E-state index >= 15 is 0 Å². The molecule has 162 valence electrons. The number of aliphatic imine (C=N–C) groups is 1. The molecule has 0 amide bonds. The van der Waals surface area contributed by atoms with E-state index in [0.717, 1.165) is 28.3 Å². The highest BCUT2D eigenvalue weighted by atomic mass is 35.5. The summed E-state index contributed by atoms with van der Waals surface area (Å²) < 4.78 is 7.33. The van der Waals surface area contributed by atoms with Crippen LogP contribution >= 0.6 is 22.9 Å². The molecule has 0 bridgehead atoms. The predicted octanol–water partition coefficient (Wildman–Crippen LogP) is 4.24. The van der Waals surface area contributed by atoms with Gasteiger partial charge < -0.3 is 10.5 Å². The second kappa shape index (κ2) is 8.18. The highest BCUT2D eigenvalue weighted by molar-refractivity contribution is 7.15. The minimum Gasteiger partial charge on any atom is -0.458 e. The fourth-order valence-electron chi connectivity index (χ4n) is 3.39. The van der Waals surface area contributed by atoms with Crippen molar-refractivity contribution in [1.82, 2.24) is 14.8 Å². The highest BCUT2D eigenvalue weighted by Gasteiger charge is 2.32. The minimum absolute atomic E-state index is 0.289. The summed E-state index contributed by atoms with van der Waals surface area (Å²) in [6.45, 7) is 7.79. The summed E-state index contributed by atoms with van der Waals surface area (Å²) in [4.78, 5) is 18.7. The molecule has 1 aliphatic rings. The molecule has 9 heteroatoms. The van der Waals surface area contributed by atoms with Crippen LogP contribution in [0.1, 0.15) is 61.4 Å². The first-order chi connectivity index (χ1) is 14.7. The number of hydrogen-bond acceptors (Lipinski definition) is 7. The number of hydrogen-bond donors (Lipinski definition) is 1. The second-order valence-corrected chi connectivity index (χ2v) is 9.77. The fourth-order valence-corrected chi connectivity index (χ4v) is 4.74. The first kappa shape index (κ1) is 21.7. The number of esters is 1. The van der Waals surface area contributed by atoms with Gasteiger partial charge in [0.05, 0.1) is 5.71 Å². The number of thiophene rings is 1. The Bertz CT molecular complexity index is 1180. The van der Waals surface area contributed by atoms with E-state index in [9.17, 15) is 4.79 Å². The molecular formula is C22H24ClN5O2S. The number of ether oxygens (including phenoxy) is 1. The molecule has 2 aromatic heterocycles. The van der Waals surface area contributed by atoms with Gasteiger partial charge in [-0.2, -0.15) is 0 Å². The Morgan fingerprint density at radius 3 is 2.71 bits per heavy atom. The van der Waals surface area contributed by atoms with Gasteiger partial charge in [-0.05, 0) is 39.3 Å². The molecule has 1 atom stereocenters. The Hall–Kier alpha value is -2.55. The van der Waals surface area contributed by atoms with Gasteiger partial charge in [0.2, 0.25) is 0 Å². The number of aryl methyl sites for hydroxylation is 1. The number of halogens is 1. The molecule has 4 rings (SSSR count). The lowest BCUT2D eigenvalue weighted by molar-refractivity contribution is -0.156. The third-order valence-corrected chi connectivity index (χ3v) is 6.37. The van der Waals surface area contributed by atoms with Gasteiger partial charge in [-0.3, -0.25) is 9.56 Å². The van der Waals surface area contributed by atoms with Crippen molar-refractivity contribution >= 4 is 34.6 Å². The van der Waals surface area contributed by atoms with Crippen molar-refractivity contribution in [1.29, 1.82) is 0 Å². The number of rotatable bonds is 4. The Labute approximate surface area is 189 Å². The smallest absolute Gasteiger partial charge is 0.331 e. The number of benzene rings is 1. The third-order valence-electron chi connectivity index (χ3n) is 4.77. The number of nitrogens with two attached hydrogens (primary N) is 1. The van der Waals surface area contributed by atoms with Gasteiger partial charge in [-0.1, -0.05) is 36.7 Å². The van der Waals surface area contributed by atoms with Crippen LogP contribution in [0.4, 0.5) is 0 Å². The van der Waals surface area contributed by atoms with Gasteiger partial charge in [-0.25, -0.2) is 4.79 Å². The van der Waals surface area contributed by atoms with Gasteiger partial charge in [-0.15, -0.1) is 21.5 Å². The van der Waals surface area contributed by atoms with E-state index in [4.69, 9.17) is 27.1 Å². The molecule has 2 N–H and O–H groups in total. The lowest BCUT2D eigenvalue weighted by atomic mass is 10.0. The van der Waals surface area contributed by atoms with E-state index in [1.807, 2.05) is 28.8 Å². The molecule has 3 heterocycles. The van der Waals surface area contributed by atoms with Crippen molar-refractivity contribution in [2.75, 3.05) is 0 Å². The zero-order valence-corrected chi connectivity index (χ0v) is 19.4. The molecular weight excluding hydrogens is 434 g/mol. The van der Waals surface area contributed by atoms with Crippen molar-refractivity contribution in [3.8, 4) is 5.00 Å². The van der Waals surface area contributed by atoms with Gasteiger partial charge >= 0.3 is 5.97 Å². The average molecular weight is 458 g/mol. The van der Waals surface area contributed by atoms with Crippen molar-refractivity contribution in [3.63, 3.8) is 0 Å². The molecule has 3 aromatic rings. The van der Waals surface area contributed by atoms with Crippen LogP contribution in [0.5, 0.6) is 0 Å². The second-order valence-electron chi connectivity index (χ2n) is 8.25. The Morgan fingerprint density at radius 1 is 1.29 bits per heavy atom. The van der Waals surface area contributed by atoms with Gasteiger partial charge in [0, 0.05) is 21.0 Å². The van der Waals surface area contributed by atoms with E-state index in [0.29, 0.717) is 16.7 Å². The summed E-state index contributed by atoms with van der Waals surface area (Å²) >= 11 is 8.10. The standard InChI is InChI=1S/C22H24ClN5O2S/c1-5-12-10-14-18(13-8-6-7-9-15(13)23)25-11-16-26-27-19(28(16)20(14)31-12)17(24)21(29)30-22(2,3)4/h6-10,17H,5,11,24H2,1-4H3. The van der Waals surface area contributed by atoms with Crippen LogP contribution < -0.4 is 5.73 Å². The summed E-state index contributed by atoms with van der Waals surface area (Å²) in [7, 11) is 0. The Kier molecular flexibility index (Phi) is 5.72. The Morgan fingerprint density at radius 2 is 2.03 bits per heavy atom. The normalized spacial score (nSPS) is 14.3. The molecule has 1 unspecified atom stereocenters. The van der Waals surface area contributed by atoms with E-state index in [1.165, 1.54) is 4.88 Å². The van der Waals surface area contributed by atoms with Gasteiger partial charge in [0.15, 0.2) is 17.7 Å². The molecule has 0 aliphatic carbocycles. The van der Waals surface area contributed by atoms with Crippen molar-refractivity contribution < 1.29 is 9.53 Å². The van der Waals surface area contributed by atoms with Crippen LogP contribution in [-0.2, 0) is 22.5 Å². The molecule has 0 saturated heterocycles. The SMILES string of the molecule is CCc1cc2c(s1)-n1c(nnc1C(N)C(=O)OC(C)(C)C)CN=C2c1ccccc1Cl. The van der Waals surface area contributed by atoms with E-state index in [-0.39, 0.29) is 6.54 Å². The topological polar surface area (TPSA) is 95.4 Å². The lowest BCUT2D eigenvalue weighted by Crippen LogP contribution is -2.33. The van der Waals surface area contributed by atoms with Crippen LogP contribution in [0.15, 0.2) is 35.3 Å². The van der Waals surface area contributed by atoms with Crippen molar-refractivity contribution in [2.45, 2.75) is 52.3 Å². The summed E-state index contributed by atoms with van der Waals surface area (Å²) in [5, 5.41) is 10.0. The van der Waals surface area contributed by atoms with Gasteiger partial charge in [0.1, 0.15) is 17.1 Å². The first-order valence-electron chi connectivity index (χ1n) is 10.0. The maximum absolute atomic E-state index is 12.7. The van der Waals surface area contributed by atoms with Crippen molar-refractivity contribution in [3.05, 3.63) is 63.0 Å². The minimum atomic E-state index is -1.07. The van der Waals surface area contributed by atoms with Crippen LogP contribution in [-0.4, -0.2) is 32.0 Å². The fraction of sp³-hybridized carbons (Fsp3) is 0.364. The van der Waals surface area contributed by atoms with Crippen LogP contribution in [0.25, 0.3) is 5.00 Å². The maximum Gasteiger partial charge on any atom is 0.331 e. The number of carbonyl (C=O) groups is 1. The molecule has 31 heavy (non-hydrogen) atoms. The number of aromatic nitrogens is 3. The predicted molar refractivity (Wildman–Crippen MR) is 122 cm³/mol. The summed E-state index contributed by atoms with van der Waals surface area (Å²) in [6, 6.07) is 8.67. The largest absolute Gasteiger partial charge is 0.458 e. The quantitative estimate of drug-likeness (QED) is 0.591. The molecule has 0 spiro atoms. The Balaban J connectivity index is 1.84. The summed E-state index contributed by atoms with van der Waals surface area (Å²) in [5.74, 6) is 0.403. The summed E-state index contributed by atoms with van der Waals surface area (Å²) in [5.41, 5.74) is 8.19. The highest BCUT2D eigenvalue weighted by Crippen LogP contribution is 2.35. The van der Waals surface area contributed by atoms with E-state index in [1.54, 1.807) is 32.1 Å². The maximum atomic E-state index is 12.7. The molecule has 1 aliphatic heterocycles. The van der Waals surface area contributed by atoms with E-state index in [2.05, 4.69) is 23.2 Å². The van der Waals surface area contributed by atoms with Crippen LogP contribution in [0.3, 0.4) is 0 Å². The number of nitrogens with zero attached hydrogens (tertiary/aromatic N) is 4. The molecule has 0 saturated carbocycles. The molecule has 0 fully saturated rings. The number of fused-ring (bicyclic) bond motifs is 3. The monoisotopic (exact) mass is 457 g/mol. The van der Waals surface area contributed by atoms with Crippen molar-refractivity contribution in [2.24, 2.45) is 10.7 Å². The van der Waals surface area contributed by atoms with E-state index < -0.39 is 17.6 Å². The zero-order valence-electron chi connectivity index (χ0n) is 17.8. The molecule has 0 radical (unpaired) electrons.